The van der Waals surface area contributed by atoms with Gasteiger partial charge in [0, 0.05) is 6.54 Å². The largest absolute Gasteiger partial charge is 0.486 e. The van der Waals surface area contributed by atoms with E-state index in [0.717, 1.165) is 12.6 Å². The van der Waals surface area contributed by atoms with Crippen LogP contribution in [0.3, 0.4) is 0 Å². The first-order valence-corrected chi connectivity index (χ1v) is 5.21. The van der Waals surface area contributed by atoms with E-state index < -0.39 is 17.6 Å². The van der Waals surface area contributed by atoms with Crippen LogP contribution in [-0.4, -0.2) is 19.2 Å². The highest BCUT2D eigenvalue weighted by atomic mass is 19.4. The summed E-state index contributed by atoms with van der Waals surface area (Å²) in [6.07, 6.45) is -4.09. The lowest BCUT2D eigenvalue weighted by atomic mass is 10.2. The van der Waals surface area contributed by atoms with Gasteiger partial charge in [0.05, 0.1) is 5.56 Å². The van der Waals surface area contributed by atoms with E-state index >= 15 is 0 Å². The van der Waals surface area contributed by atoms with Crippen LogP contribution in [0.4, 0.5) is 17.6 Å². The summed E-state index contributed by atoms with van der Waals surface area (Å²) < 4.78 is 55.8. The van der Waals surface area contributed by atoms with Crippen molar-refractivity contribution in [1.82, 2.24) is 5.32 Å². The van der Waals surface area contributed by atoms with Gasteiger partial charge in [-0.1, -0.05) is 0 Å². The molecule has 0 amide bonds. The Morgan fingerprint density at radius 1 is 1.29 bits per heavy atom. The molecule has 1 N–H and O–H groups in total. The molecule has 1 aliphatic rings. The Morgan fingerprint density at radius 2 is 2.06 bits per heavy atom. The number of nitrogens with one attached hydrogen (secondary N) is 1. The van der Waals surface area contributed by atoms with Crippen molar-refractivity contribution in [3.63, 3.8) is 0 Å². The van der Waals surface area contributed by atoms with Crippen LogP contribution in [0.1, 0.15) is 12.0 Å². The van der Waals surface area contributed by atoms with Gasteiger partial charge in [-0.25, -0.2) is 4.39 Å². The van der Waals surface area contributed by atoms with E-state index in [1.807, 2.05) is 0 Å². The van der Waals surface area contributed by atoms with Crippen LogP contribution in [0.25, 0.3) is 0 Å². The van der Waals surface area contributed by atoms with E-state index in [4.69, 9.17) is 4.74 Å². The molecule has 1 aromatic carbocycles. The van der Waals surface area contributed by atoms with Crippen molar-refractivity contribution in [2.24, 2.45) is 0 Å². The van der Waals surface area contributed by atoms with Crippen molar-refractivity contribution in [2.45, 2.75) is 18.7 Å². The van der Waals surface area contributed by atoms with Crippen LogP contribution < -0.4 is 10.1 Å². The van der Waals surface area contributed by atoms with Crippen LogP contribution >= 0.6 is 0 Å². The van der Waals surface area contributed by atoms with E-state index in [1.165, 1.54) is 0 Å². The summed E-state index contributed by atoms with van der Waals surface area (Å²) in [4.78, 5) is 0. The minimum atomic E-state index is -4.49. The maximum Gasteiger partial charge on any atom is 0.416 e. The van der Waals surface area contributed by atoms with Gasteiger partial charge in [-0.15, -0.1) is 0 Å². The standard InChI is InChI=1S/C11H11F4NO/c12-9-2-1-7(11(13,14)15)5-10(9)17-8-3-4-16-6-8/h1-2,5,8,16H,3-4,6H2. The van der Waals surface area contributed by atoms with Crippen molar-refractivity contribution < 1.29 is 22.3 Å². The monoisotopic (exact) mass is 249 g/mol. The molecule has 1 atom stereocenters. The highest BCUT2D eigenvalue weighted by molar-refractivity contribution is 5.32. The molecule has 2 nitrogen and oxygen atoms in total. The maximum atomic E-state index is 13.3. The van der Waals surface area contributed by atoms with Gasteiger partial charge in [-0.2, -0.15) is 13.2 Å². The smallest absolute Gasteiger partial charge is 0.416 e. The average Bonchev–Trinajstić information content (AvgIpc) is 2.72. The number of hydrogen-bond acceptors (Lipinski definition) is 2. The summed E-state index contributed by atoms with van der Waals surface area (Å²) in [5.41, 5.74) is -0.903. The molecule has 1 unspecified atom stereocenters. The van der Waals surface area contributed by atoms with Gasteiger partial charge in [0.25, 0.3) is 0 Å². The second kappa shape index (κ2) is 4.52. The highest BCUT2D eigenvalue weighted by Crippen LogP contribution is 2.33. The van der Waals surface area contributed by atoms with Crippen LogP contribution in [0.5, 0.6) is 5.75 Å². The zero-order chi connectivity index (χ0) is 12.5. The van der Waals surface area contributed by atoms with Gasteiger partial charge in [-0.05, 0) is 31.2 Å². The zero-order valence-corrected chi connectivity index (χ0v) is 8.85. The number of ether oxygens (including phenoxy) is 1. The molecule has 1 heterocycles. The molecule has 0 aromatic heterocycles. The van der Waals surface area contributed by atoms with Gasteiger partial charge in [0.1, 0.15) is 6.10 Å². The van der Waals surface area contributed by atoms with E-state index in [9.17, 15) is 17.6 Å². The Labute approximate surface area is 95.6 Å². The lowest BCUT2D eigenvalue weighted by Gasteiger charge is -2.15. The van der Waals surface area contributed by atoms with Crippen molar-refractivity contribution in [1.29, 1.82) is 0 Å². The minimum Gasteiger partial charge on any atom is -0.486 e. The first-order valence-electron chi connectivity index (χ1n) is 5.21. The average molecular weight is 249 g/mol. The summed E-state index contributed by atoms with van der Waals surface area (Å²) in [5, 5.41) is 2.99. The second-order valence-electron chi connectivity index (χ2n) is 3.88. The molecular formula is C11H11F4NO. The SMILES string of the molecule is Fc1ccc(C(F)(F)F)cc1OC1CCNC1. The first-order chi connectivity index (χ1) is 7.97. The molecule has 1 aliphatic heterocycles. The predicted octanol–water partition coefficient (Wildman–Crippen LogP) is 2.59. The third kappa shape index (κ3) is 2.88. The van der Waals surface area contributed by atoms with Crippen molar-refractivity contribution in [2.75, 3.05) is 13.1 Å². The molecule has 1 fully saturated rings. The summed E-state index contributed by atoms with van der Waals surface area (Å²) in [5.74, 6) is -1.11. The highest BCUT2D eigenvalue weighted by Gasteiger charge is 2.31. The summed E-state index contributed by atoms with van der Waals surface area (Å²) in [7, 11) is 0. The Kier molecular flexibility index (Phi) is 3.24. The van der Waals surface area contributed by atoms with E-state index in [0.29, 0.717) is 25.1 Å². The van der Waals surface area contributed by atoms with Gasteiger partial charge in [-0.3, -0.25) is 0 Å². The quantitative estimate of drug-likeness (QED) is 0.813. The van der Waals surface area contributed by atoms with Crippen molar-refractivity contribution >= 4 is 0 Å². The molecule has 2 rings (SSSR count). The van der Waals surface area contributed by atoms with Gasteiger partial charge in [0.2, 0.25) is 0 Å². The predicted molar refractivity (Wildman–Crippen MR) is 53.3 cm³/mol. The fraction of sp³-hybridized carbons (Fsp3) is 0.455. The van der Waals surface area contributed by atoms with E-state index in [2.05, 4.69) is 5.32 Å². The Balaban J connectivity index is 2.20. The maximum absolute atomic E-state index is 13.3. The third-order valence-corrected chi connectivity index (χ3v) is 2.57. The Hall–Kier alpha value is -1.30. The lowest BCUT2D eigenvalue weighted by Crippen LogP contribution is -2.20. The summed E-state index contributed by atoms with van der Waals surface area (Å²) in [6.45, 7) is 1.25. The molecule has 0 aliphatic carbocycles. The molecule has 0 saturated carbocycles. The zero-order valence-electron chi connectivity index (χ0n) is 8.85. The number of benzene rings is 1. The lowest BCUT2D eigenvalue weighted by molar-refractivity contribution is -0.137. The fourth-order valence-corrected chi connectivity index (χ4v) is 1.68. The van der Waals surface area contributed by atoms with E-state index in [1.54, 1.807) is 0 Å². The minimum absolute atomic E-state index is 0.270. The molecule has 17 heavy (non-hydrogen) atoms. The number of halogens is 4. The fourth-order valence-electron chi connectivity index (χ4n) is 1.68. The summed E-state index contributed by atoms with van der Waals surface area (Å²) >= 11 is 0. The van der Waals surface area contributed by atoms with Crippen LogP contribution in [0.15, 0.2) is 18.2 Å². The summed E-state index contributed by atoms with van der Waals surface area (Å²) in [6, 6.07) is 2.18. The van der Waals surface area contributed by atoms with E-state index in [-0.39, 0.29) is 11.9 Å². The molecule has 0 bridgehead atoms. The van der Waals surface area contributed by atoms with Crippen LogP contribution in [-0.2, 0) is 6.18 Å². The Morgan fingerprint density at radius 3 is 2.65 bits per heavy atom. The van der Waals surface area contributed by atoms with Crippen LogP contribution in [0.2, 0.25) is 0 Å². The molecule has 6 heteroatoms. The second-order valence-corrected chi connectivity index (χ2v) is 3.88. The Bertz CT molecular complexity index is 399. The molecular weight excluding hydrogens is 238 g/mol. The molecule has 1 aromatic rings. The number of alkyl halides is 3. The van der Waals surface area contributed by atoms with Crippen molar-refractivity contribution in [3.8, 4) is 5.75 Å². The number of hydrogen-bond donors (Lipinski definition) is 1. The number of rotatable bonds is 2. The van der Waals surface area contributed by atoms with Crippen LogP contribution in [0, 0.1) is 5.82 Å². The van der Waals surface area contributed by atoms with Gasteiger partial charge >= 0.3 is 6.18 Å². The topological polar surface area (TPSA) is 21.3 Å². The first kappa shape index (κ1) is 12.2. The normalized spacial score (nSPS) is 20.6. The van der Waals surface area contributed by atoms with Gasteiger partial charge < -0.3 is 10.1 Å². The van der Waals surface area contributed by atoms with Gasteiger partial charge in [0.15, 0.2) is 11.6 Å². The molecule has 1 saturated heterocycles. The molecule has 0 radical (unpaired) electrons. The molecule has 0 spiro atoms. The third-order valence-electron chi connectivity index (χ3n) is 2.57. The molecule has 94 valence electrons. The van der Waals surface area contributed by atoms with Crippen molar-refractivity contribution in [3.05, 3.63) is 29.6 Å².